The van der Waals surface area contributed by atoms with Crippen molar-refractivity contribution in [2.24, 2.45) is 0 Å². The first-order chi connectivity index (χ1) is 21.9. The molecule has 4 rings (SSSR count). The van der Waals surface area contributed by atoms with Gasteiger partial charge in [0.1, 0.15) is 17.7 Å². The van der Waals surface area contributed by atoms with E-state index < -0.39 is 28.2 Å². The Labute approximate surface area is 275 Å². The number of benzene rings is 4. The van der Waals surface area contributed by atoms with Crippen molar-refractivity contribution in [3.63, 3.8) is 0 Å². The third kappa shape index (κ3) is 8.27. The van der Waals surface area contributed by atoms with Crippen LogP contribution in [0.2, 0.25) is 5.04 Å². The molecule has 4 aromatic rings. The molecule has 5 nitrogen and oxygen atoms in total. The molecule has 0 saturated heterocycles. The number of halogens is 1. The lowest BCUT2D eigenvalue weighted by Crippen LogP contribution is -2.68. The second-order valence-corrected chi connectivity index (χ2v) is 18.4. The van der Waals surface area contributed by atoms with E-state index in [-0.39, 0.29) is 30.2 Å². The van der Waals surface area contributed by atoms with Crippen LogP contribution in [0.3, 0.4) is 0 Å². The van der Waals surface area contributed by atoms with Crippen LogP contribution in [0.1, 0.15) is 49.4 Å². The van der Waals surface area contributed by atoms with Crippen LogP contribution in [-0.2, 0) is 25.3 Å². The van der Waals surface area contributed by atoms with Gasteiger partial charge >= 0.3 is 5.97 Å². The van der Waals surface area contributed by atoms with Gasteiger partial charge in [0, 0.05) is 0 Å². The summed E-state index contributed by atoms with van der Waals surface area (Å²) in [6.07, 6.45) is -0.899. The van der Waals surface area contributed by atoms with Gasteiger partial charge in [0.2, 0.25) is 6.35 Å². The van der Waals surface area contributed by atoms with Crippen molar-refractivity contribution in [1.82, 2.24) is 0 Å². The quantitative estimate of drug-likeness (QED) is 0.0936. The monoisotopic (exact) mass is 658 g/mol. The minimum Gasteiger partial charge on any atom is -0.629 e. The van der Waals surface area contributed by atoms with Crippen LogP contribution in [0.15, 0.2) is 91.0 Å². The smallest absolute Gasteiger partial charge is 0.308 e. The number of hydrogen-bond acceptors (Lipinski definition) is 5. The van der Waals surface area contributed by atoms with E-state index in [9.17, 15) is 14.1 Å². The molecule has 0 bridgehead atoms. The molecule has 8 heteroatoms. The first kappa shape index (κ1) is 35.4. The molecule has 0 saturated carbocycles. The Kier molecular flexibility index (Phi) is 11.9. The maximum atomic E-state index is 14.0. The average molecular weight is 659 g/mol. The Balaban J connectivity index is 1.65. The van der Waals surface area contributed by atoms with Crippen molar-refractivity contribution in [3.05, 3.63) is 119 Å². The Hall–Kier alpha value is -3.45. The van der Waals surface area contributed by atoms with E-state index in [0.717, 1.165) is 38.2 Å². The SMILES string of the molecule is COC(=O)C[C@@H](C=[P+]([O-])COCc1c(C)cc(C)cc1-c1ccc(F)c(C)c1)O[Si](c1ccccc1)(c1ccccc1)C(C)(C)C. The number of ether oxygens (including phenoxy) is 2. The van der Waals surface area contributed by atoms with Crippen molar-refractivity contribution in [2.45, 2.75) is 65.7 Å². The molecular weight excluding hydrogens is 614 g/mol. The molecule has 2 atom stereocenters. The molecule has 0 aliphatic rings. The van der Waals surface area contributed by atoms with Crippen molar-refractivity contribution in [1.29, 1.82) is 0 Å². The van der Waals surface area contributed by atoms with Crippen LogP contribution in [-0.4, -0.2) is 39.6 Å². The fraction of sp³-hybridized carbons (Fsp3) is 0.316. The van der Waals surface area contributed by atoms with Crippen LogP contribution in [0, 0.1) is 26.6 Å². The lowest BCUT2D eigenvalue weighted by molar-refractivity contribution is -0.157. The first-order valence-corrected chi connectivity index (χ1v) is 18.9. The molecule has 46 heavy (non-hydrogen) atoms. The largest absolute Gasteiger partial charge is 0.629 e. The van der Waals surface area contributed by atoms with Crippen molar-refractivity contribution in [3.8, 4) is 11.1 Å². The number of carbonyl (C=O) groups excluding carboxylic acids is 1. The Morgan fingerprint density at radius 1 is 0.913 bits per heavy atom. The van der Waals surface area contributed by atoms with E-state index in [0.29, 0.717) is 5.56 Å². The minimum absolute atomic E-state index is 0.0493. The van der Waals surface area contributed by atoms with Gasteiger partial charge in [-0.05, 0) is 76.1 Å². The van der Waals surface area contributed by atoms with Gasteiger partial charge in [-0.1, -0.05) is 105 Å². The lowest BCUT2D eigenvalue weighted by Gasteiger charge is -2.44. The fourth-order valence-electron chi connectivity index (χ4n) is 6.02. The molecule has 242 valence electrons. The maximum Gasteiger partial charge on any atom is 0.308 e. The predicted octanol–water partition coefficient (Wildman–Crippen LogP) is 6.96. The Morgan fingerprint density at radius 3 is 2.07 bits per heavy atom. The number of hydrogen-bond donors (Lipinski definition) is 0. The third-order valence-corrected chi connectivity index (χ3v) is 14.4. The number of aryl methyl sites for hydroxylation is 3. The number of methoxy groups -OCH3 is 1. The molecule has 0 aliphatic carbocycles. The molecule has 0 spiro atoms. The van der Waals surface area contributed by atoms with Crippen LogP contribution < -0.4 is 15.3 Å². The molecule has 0 aliphatic heterocycles. The zero-order valence-corrected chi connectivity index (χ0v) is 29.7. The van der Waals surface area contributed by atoms with Gasteiger partial charge in [0.25, 0.3) is 8.32 Å². The second-order valence-electron chi connectivity index (χ2n) is 12.7. The fourth-order valence-corrected chi connectivity index (χ4v) is 11.6. The van der Waals surface area contributed by atoms with Gasteiger partial charge in [0.15, 0.2) is 0 Å². The van der Waals surface area contributed by atoms with Crippen LogP contribution in [0.25, 0.3) is 11.1 Å². The van der Waals surface area contributed by atoms with E-state index in [1.165, 1.54) is 13.2 Å². The second kappa shape index (κ2) is 15.4. The van der Waals surface area contributed by atoms with E-state index in [1.54, 1.807) is 18.8 Å². The standard InChI is InChI=1S/C38H44FO5PSi/c1-27-20-28(2)35(34(21-27)30-18-19-36(39)29(3)22-30)24-43-26-45(41)25-31(23-37(40)42-7)44-46(38(4,5)6,32-14-10-8-11-15-32)33-16-12-9-13-17-33/h8-22,25,31H,23-24,26H2,1-7H3/t31-/m0/s1. The normalized spacial score (nSPS) is 13.0. The maximum absolute atomic E-state index is 14.0. The van der Waals surface area contributed by atoms with Crippen LogP contribution >= 0.6 is 7.77 Å². The molecule has 0 aromatic heterocycles. The van der Waals surface area contributed by atoms with Crippen molar-refractivity contribution < 1.29 is 28.0 Å². The summed E-state index contributed by atoms with van der Waals surface area (Å²) in [6.45, 7) is 12.5. The molecular formula is C38H44FO5PSi. The van der Waals surface area contributed by atoms with Gasteiger partial charge in [-0.3, -0.25) is 4.79 Å². The zero-order chi connectivity index (χ0) is 33.5. The van der Waals surface area contributed by atoms with E-state index in [1.807, 2.05) is 56.3 Å². The van der Waals surface area contributed by atoms with Crippen LogP contribution in [0.4, 0.5) is 4.39 Å². The first-order valence-electron chi connectivity index (χ1n) is 15.4. The van der Waals surface area contributed by atoms with Crippen molar-refractivity contribution >= 4 is 38.2 Å². The number of carbonyl (C=O) groups is 1. The average Bonchev–Trinajstić information content (AvgIpc) is 3.02. The number of rotatable bonds is 12. The van der Waals surface area contributed by atoms with E-state index in [2.05, 4.69) is 57.2 Å². The highest BCUT2D eigenvalue weighted by Gasteiger charge is 2.51. The van der Waals surface area contributed by atoms with Gasteiger partial charge in [0.05, 0.1) is 27.9 Å². The van der Waals surface area contributed by atoms with E-state index >= 15 is 0 Å². The lowest BCUT2D eigenvalue weighted by atomic mass is 9.93. The predicted molar refractivity (Wildman–Crippen MR) is 188 cm³/mol. The minimum atomic E-state index is -3.04. The summed E-state index contributed by atoms with van der Waals surface area (Å²) < 4.78 is 32.3. The summed E-state index contributed by atoms with van der Waals surface area (Å²) in [4.78, 5) is 26.2. The summed E-state index contributed by atoms with van der Waals surface area (Å²) in [7, 11) is -3.73. The Morgan fingerprint density at radius 2 is 1.52 bits per heavy atom. The molecule has 4 aromatic carbocycles. The summed E-state index contributed by atoms with van der Waals surface area (Å²) in [5.74, 6) is 0.913. The molecule has 0 fully saturated rings. The third-order valence-electron chi connectivity index (χ3n) is 8.22. The summed E-state index contributed by atoms with van der Waals surface area (Å²) in [6, 6.07) is 29.5. The Bertz CT molecular complexity index is 1630. The number of esters is 1. The van der Waals surface area contributed by atoms with Gasteiger partial charge in [-0.15, -0.1) is 0 Å². The van der Waals surface area contributed by atoms with Gasteiger partial charge in [-0.2, -0.15) is 0 Å². The summed E-state index contributed by atoms with van der Waals surface area (Å²) in [5, 5.41) is 1.78. The molecule has 0 heterocycles. The van der Waals surface area contributed by atoms with Crippen molar-refractivity contribution in [2.75, 3.05) is 13.5 Å². The van der Waals surface area contributed by atoms with Crippen LogP contribution in [0.5, 0.6) is 0 Å². The highest BCUT2D eigenvalue weighted by atomic mass is 31.1. The molecule has 0 amide bonds. The van der Waals surface area contributed by atoms with Gasteiger partial charge in [-0.25, -0.2) is 4.39 Å². The molecule has 0 radical (unpaired) electrons. The molecule has 1 unspecified atom stereocenters. The molecule has 0 N–H and O–H groups in total. The summed E-state index contributed by atoms with van der Waals surface area (Å²) in [5.41, 5.74) is 5.50. The zero-order valence-electron chi connectivity index (χ0n) is 27.8. The summed E-state index contributed by atoms with van der Waals surface area (Å²) >= 11 is 0. The highest BCUT2D eigenvalue weighted by molar-refractivity contribution is 7.49. The van der Waals surface area contributed by atoms with E-state index in [4.69, 9.17) is 13.9 Å². The van der Waals surface area contributed by atoms with Gasteiger partial charge < -0.3 is 18.8 Å². The highest BCUT2D eigenvalue weighted by Crippen LogP contribution is 2.38. The topological polar surface area (TPSA) is 67.8 Å².